The highest BCUT2D eigenvalue weighted by Gasteiger charge is 2.22. The van der Waals surface area contributed by atoms with Gasteiger partial charge in [-0.2, -0.15) is 0 Å². The van der Waals surface area contributed by atoms with Crippen LogP contribution in [0.5, 0.6) is 0 Å². The molecule has 1 aromatic rings. The molecular weight excluding hydrogens is 226 g/mol. The van der Waals surface area contributed by atoms with Crippen molar-refractivity contribution in [1.29, 1.82) is 0 Å². The molecule has 1 aliphatic carbocycles. The molecule has 2 N–H and O–H groups in total. The molecule has 1 heterocycles. The highest BCUT2D eigenvalue weighted by Crippen LogP contribution is 2.18. The second-order valence-corrected chi connectivity index (χ2v) is 4.25. The molecular formula is C11H14ClN3O. The summed E-state index contributed by atoms with van der Waals surface area (Å²) in [6.07, 6.45) is 2.70. The van der Waals surface area contributed by atoms with Gasteiger partial charge in [-0.25, -0.2) is 4.98 Å². The standard InChI is InChI=1S/C11H14ClN3O/c12-9-2-1-3-10(15-9)13-7-6-11(16)14-8-4-5-8/h1-3,8H,4-7H2,(H,13,15)(H,14,16). The van der Waals surface area contributed by atoms with E-state index in [4.69, 9.17) is 11.6 Å². The predicted molar refractivity (Wildman–Crippen MR) is 63.5 cm³/mol. The predicted octanol–water partition coefficient (Wildman–Crippen LogP) is 1.82. The maximum absolute atomic E-state index is 11.4. The highest BCUT2D eigenvalue weighted by atomic mass is 35.5. The number of nitrogens with one attached hydrogen (secondary N) is 2. The van der Waals surface area contributed by atoms with Crippen molar-refractivity contribution < 1.29 is 4.79 Å². The van der Waals surface area contributed by atoms with Gasteiger partial charge in [0.2, 0.25) is 5.91 Å². The molecule has 0 unspecified atom stereocenters. The molecule has 0 bridgehead atoms. The number of anilines is 1. The van der Waals surface area contributed by atoms with Gasteiger partial charge in [0.05, 0.1) is 0 Å². The molecule has 16 heavy (non-hydrogen) atoms. The van der Waals surface area contributed by atoms with E-state index in [2.05, 4.69) is 15.6 Å². The van der Waals surface area contributed by atoms with Gasteiger partial charge < -0.3 is 10.6 Å². The summed E-state index contributed by atoms with van der Waals surface area (Å²) >= 11 is 5.73. The Labute approximate surface area is 99.4 Å². The second kappa shape index (κ2) is 5.16. The molecule has 0 aliphatic heterocycles. The lowest BCUT2D eigenvalue weighted by Crippen LogP contribution is -2.27. The molecule has 4 nitrogen and oxygen atoms in total. The van der Waals surface area contributed by atoms with Crippen molar-refractivity contribution in [1.82, 2.24) is 10.3 Å². The van der Waals surface area contributed by atoms with E-state index < -0.39 is 0 Å². The molecule has 0 aromatic carbocycles. The van der Waals surface area contributed by atoms with Crippen LogP contribution in [-0.2, 0) is 4.79 Å². The number of rotatable bonds is 5. The number of carbonyl (C=O) groups is 1. The average molecular weight is 240 g/mol. The van der Waals surface area contributed by atoms with Gasteiger partial charge >= 0.3 is 0 Å². The second-order valence-electron chi connectivity index (χ2n) is 3.86. The van der Waals surface area contributed by atoms with Crippen LogP contribution >= 0.6 is 11.6 Å². The number of hydrogen-bond acceptors (Lipinski definition) is 3. The Balaban J connectivity index is 1.68. The molecule has 2 rings (SSSR count). The summed E-state index contributed by atoms with van der Waals surface area (Å²) in [6, 6.07) is 5.79. The van der Waals surface area contributed by atoms with E-state index in [-0.39, 0.29) is 5.91 Å². The summed E-state index contributed by atoms with van der Waals surface area (Å²) < 4.78 is 0. The van der Waals surface area contributed by atoms with Crippen molar-refractivity contribution in [2.24, 2.45) is 0 Å². The molecule has 1 amide bonds. The third kappa shape index (κ3) is 3.70. The summed E-state index contributed by atoms with van der Waals surface area (Å²) in [5.74, 6) is 0.795. The monoisotopic (exact) mass is 239 g/mol. The summed E-state index contributed by atoms with van der Waals surface area (Å²) in [5, 5.41) is 6.43. The Morgan fingerprint density at radius 2 is 2.31 bits per heavy atom. The SMILES string of the molecule is O=C(CCNc1cccc(Cl)n1)NC1CC1. The minimum Gasteiger partial charge on any atom is -0.370 e. The Morgan fingerprint density at radius 3 is 3.00 bits per heavy atom. The molecule has 1 aliphatic rings. The van der Waals surface area contributed by atoms with Gasteiger partial charge in [-0.3, -0.25) is 4.79 Å². The summed E-state index contributed by atoms with van der Waals surface area (Å²) in [7, 11) is 0. The topological polar surface area (TPSA) is 54.0 Å². The van der Waals surface area contributed by atoms with Gasteiger partial charge in [-0.1, -0.05) is 17.7 Å². The van der Waals surface area contributed by atoms with E-state index in [0.717, 1.165) is 12.8 Å². The first-order chi connectivity index (χ1) is 7.74. The smallest absolute Gasteiger partial charge is 0.221 e. The van der Waals surface area contributed by atoms with Crippen molar-refractivity contribution in [3.8, 4) is 0 Å². The highest BCUT2D eigenvalue weighted by molar-refractivity contribution is 6.29. The normalized spacial score (nSPS) is 14.6. The molecule has 0 atom stereocenters. The first-order valence-corrected chi connectivity index (χ1v) is 5.77. The molecule has 5 heteroatoms. The van der Waals surface area contributed by atoms with Crippen molar-refractivity contribution in [3.05, 3.63) is 23.4 Å². The minimum atomic E-state index is 0.0945. The van der Waals surface area contributed by atoms with Gasteiger partial charge in [0.25, 0.3) is 0 Å². The number of aromatic nitrogens is 1. The molecule has 1 saturated carbocycles. The maximum atomic E-state index is 11.4. The Bertz CT molecular complexity index is 379. The van der Waals surface area contributed by atoms with Crippen molar-refractivity contribution in [2.75, 3.05) is 11.9 Å². The van der Waals surface area contributed by atoms with Gasteiger partial charge in [0.15, 0.2) is 0 Å². The fourth-order valence-electron chi connectivity index (χ4n) is 1.34. The van der Waals surface area contributed by atoms with E-state index in [0.29, 0.717) is 30.0 Å². The molecule has 1 aromatic heterocycles. The Kier molecular flexibility index (Phi) is 3.62. The number of nitrogens with zero attached hydrogens (tertiary/aromatic N) is 1. The Hall–Kier alpha value is -1.29. The minimum absolute atomic E-state index is 0.0945. The van der Waals surface area contributed by atoms with Crippen LogP contribution in [0, 0.1) is 0 Å². The Morgan fingerprint density at radius 1 is 1.50 bits per heavy atom. The number of halogens is 1. The van der Waals surface area contributed by atoms with Crippen LogP contribution < -0.4 is 10.6 Å². The van der Waals surface area contributed by atoms with E-state index in [9.17, 15) is 4.79 Å². The summed E-state index contributed by atoms with van der Waals surface area (Å²) in [6.45, 7) is 0.575. The molecule has 0 spiro atoms. The van der Waals surface area contributed by atoms with Gasteiger partial charge in [-0.15, -0.1) is 0 Å². The molecule has 0 radical (unpaired) electrons. The van der Waals surface area contributed by atoms with Crippen molar-refractivity contribution >= 4 is 23.3 Å². The van der Waals surface area contributed by atoms with Gasteiger partial charge in [0, 0.05) is 19.0 Å². The van der Waals surface area contributed by atoms with Crippen LogP contribution in [0.3, 0.4) is 0 Å². The summed E-state index contributed by atoms with van der Waals surface area (Å²) in [4.78, 5) is 15.4. The van der Waals surface area contributed by atoms with Crippen molar-refractivity contribution in [3.63, 3.8) is 0 Å². The average Bonchev–Trinajstić information content (AvgIpc) is 3.02. The zero-order valence-corrected chi connectivity index (χ0v) is 9.63. The zero-order chi connectivity index (χ0) is 11.4. The molecule has 86 valence electrons. The van der Waals surface area contributed by atoms with Crippen LogP contribution in [0.4, 0.5) is 5.82 Å². The van der Waals surface area contributed by atoms with Crippen LogP contribution in [0.2, 0.25) is 5.15 Å². The number of carbonyl (C=O) groups excluding carboxylic acids is 1. The molecule has 0 saturated heterocycles. The summed E-state index contributed by atoms with van der Waals surface area (Å²) in [5.41, 5.74) is 0. The molecule has 1 fully saturated rings. The largest absolute Gasteiger partial charge is 0.370 e. The first-order valence-electron chi connectivity index (χ1n) is 5.40. The maximum Gasteiger partial charge on any atom is 0.221 e. The third-order valence-corrected chi connectivity index (χ3v) is 2.53. The van der Waals surface area contributed by atoms with Crippen molar-refractivity contribution in [2.45, 2.75) is 25.3 Å². The third-order valence-electron chi connectivity index (χ3n) is 2.32. The fourth-order valence-corrected chi connectivity index (χ4v) is 1.50. The number of hydrogen-bond donors (Lipinski definition) is 2. The first kappa shape index (κ1) is 11.2. The van der Waals surface area contributed by atoms with Crippen LogP contribution in [0.15, 0.2) is 18.2 Å². The van der Waals surface area contributed by atoms with Gasteiger partial charge in [0.1, 0.15) is 11.0 Å². The quantitative estimate of drug-likeness (QED) is 0.771. The van der Waals surface area contributed by atoms with Gasteiger partial charge in [-0.05, 0) is 25.0 Å². The number of amides is 1. The van der Waals surface area contributed by atoms with E-state index in [1.807, 2.05) is 12.1 Å². The fraction of sp³-hybridized carbons (Fsp3) is 0.455. The van der Waals surface area contributed by atoms with Crippen LogP contribution in [0.1, 0.15) is 19.3 Å². The van der Waals surface area contributed by atoms with Crippen LogP contribution in [0.25, 0.3) is 0 Å². The lowest BCUT2D eigenvalue weighted by molar-refractivity contribution is -0.120. The van der Waals surface area contributed by atoms with E-state index in [1.165, 1.54) is 0 Å². The number of pyridine rings is 1. The lowest BCUT2D eigenvalue weighted by atomic mass is 10.4. The lowest BCUT2D eigenvalue weighted by Gasteiger charge is -2.06. The van der Waals surface area contributed by atoms with E-state index >= 15 is 0 Å². The van der Waals surface area contributed by atoms with E-state index in [1.54, 1.807) is 6.07 Å². The van der Waals surface area contributed by atoms with Crippen LogP contribution in [-0.4, -0.2) is 23.5 Å². The zero-order valence-electron chi connectivity index (χ0n) is 8.87.